The highest BCUT2D eigenvalue weighted by molar-refractivity contribution is 5.02. The first kappa shape index (κ1) is 16.3. The molecule has 1 N–H and O–H groups in total. The highest BCUT2D eigenvalue weighted by atomic mass is 16.5. The molecule has 0 aromatic heterocycles. The molecular formula is C17H33NO2. The summed E-state index contributed by atoms with van der Waals surface area (Å²) in [5.74, 6) is 0.684. The molecule has 0 radical (unpaired) electrons. The second-order valence-electron chi connectivity index (χ2n) is 6.65. The Labute approximate surface area is 124 Å². The minimum absolute atomic E-state index is 0.0248. The summed E-state index contributed by atoms with van der Waals surface area (Å²) in [4.78, 5) is 0. The average molecular weight is 283 g/mol. The van der Waals surface area contributed by atoms with Crippen molar-refractivity contribution in [3.63, 3.8) is 0 Å². The summed E-state index contributed by atoms with van der Waals surface area (Å²) in [5, 5.41) is 3.75. The van der Waals surface area contributed by atoms with Gasteiger partial charge in [-0.2, -0.15) is 0 Å². The highest BCUT2D eigenvalue weighted by Gasteiger charge is 2.48. The summed E-state index contributed by atoms with van der Waals surface area (Å²) in [7, 11) is 1.88. The monoisotopic (exact) mass is 283 g/mol. The molecule has 2 fully saturated rings. The topological polar surface area (TPSA) is 30.5 Å². The van der Waals surface area contributed by atoms with Crippen molar-refractivity contribution in [1.29, 1.82) is 0 Å². The minimum Gasteiger partial charge on any atom is -0.377 e. The summed E-state index contributed by atoms with van der Waals surface area (Å²) in [6, 6.07) is 0.453. The van der Waals surface area contributed by atoms with E-state index in [1.165, 1.54) is 32.1 Å². The largest absolute Gasteiger partial charge is 0.377 e. The van der Waals surface area contributed by atoms with Crippen LogP contribution in [-0.4, -0.2) is 37.5 Å². The van der Waals surface area contributed by atoms with Crippen molar-refractivity contribution >= 4 is 0 Å². The Morgan fingerprint density at radius 2 is 2.00 bits per heavy atom. The van der Waals surface area contributed by atoms with Crippen LogP contribution < -0.4 is 5.32 Å². The Balaban J connectivity index is 2.14. The van der Waals surface area contributed by atoms with E-state index in [0.717, 1.165) is 26.0 Å². The predicted octanol–water partition coefficient (Wildman–Crippen LogP) is 3.52. The molecule has 3 nitrogen and oxygen atoms in total. The molecule has 20 heavy (non-hydrogen) atoms. The Bertz CT molecular complexity index is 289. The molecule has 2 unspecified atom stereocenters. The molecule has 0 bridgehead atoms. The van der Waals surface area contributed by atoms with Crippen LogP contribution in [0.5, 0.6) is 0 Å². The van der Waals surface area contributed by atoms with Gasteiger partial charge in [0.05, 0.1) is 11.2 Å². The molecule has 1 aliphatic heterocycles. The second kappa shape index (κ2) is 6.76. The quantitative estimate of drug-likeness (QED) is 0.775. The van der Waals surface area contributed by atoms with E-state index in [9.17, 15) is 0 Å². The van der Waals surface area contributed by atoms with Crippen LogP contribution in [-0.2, 0) is 9.47 Å². The molecule has 3 heteroatoms. The second-order valence-corrected chi connectivity index (χ2v) is 6.65. The van der Waals surface area contributed by atoms with E-state index in [-0.39, 0.29) is 11.2 Å². The third-order valence-corrected chi connectivity index (χ3v) is 5.86. The van der Waals surface area contributed by atoms with Gasteiger partial charge in [0.2, 0.25) is 0 Å². The number of likely N-dealkylation sites (N-methyl/N-ethyl adjacent to an activating group) is 1. The van der Waals surface area contributed by atoms with Gasteiger partial charge in [-0.05, 0) is 57.4 Å². The lowest BCUT2D eigenvalue weighted by Crippen LogP contribution is -2.59. The number of hydrogen-bond donors (Lipinski definition) is 1. The fourth-order valence-corrected chi connectivity index (χ4v) is 4.38. The van der Waals surface area contributed by atoms with Crippen molar-refractivity contribution < 1.29 is 9.47 Å². The van der Waals surface area contributed by atoms with Crippen LogP contribution in [0.15, 0.2) is 0 Å². The molecule has 1 saturated carbocycles. The van der Waals surface area contributed by atoms with Crippen molar-refractivity contribution in [2.24, 2.45) is 5.92 Å². The zero-order chi connectivity index (χ0) is 14.6. The minimum atomic E-state index is -0.0248. The molecule has 0 aromatic rings. The Morgan fingerprint density at radius 1 is 1.30 bits per heavy atom. The molecule has 118 valence electrons. The van der Waals surface area contributed by atoms with Crippen molar-refractivity contribution in [2.45, 2.75) is 83.0 Å². The molecule has 1 aliphatic carbocycles. The molecule has 2 rings (SSSR count). The smallest absolute Gasteiger partial charge is 0.0828 e. The standard InChI is InChI=1S/C17H33NO2/c1-5-17(6-2,19-4)15(18-7-3)14-9-12-20-16(13-14)10-8-11-16/h14-15,18H,5-13H2,1-4H3. The highest BCUT2D eigenvalue weighted by Crippen LogP contribution is 2.46. The van der Waals surface area contributed by atoms with E-state index in [4.69, 9.17) is 9.47 Å². The van der Waals surface area contributed by atoms with Gasteiger partial charge in [-0.3, -0.25) is 0 Å². The normalized spacial score (nSPS) is 27.3. The van der Waals surface area contributed by atoms with Crippen LogP contribution in [0, 0.1) is 5.92 Å². The maximum atomic E-state index is 6.10. The molecule has 0 aromatic carbocycles. The lowest BCUT2D eigenvalue weighted by atomic mass is 9.67. The van der Waals surface area contributed by atoms with Crippen LogP contribution in [0.25, 0.3) is 0 Å². The molecule has 2 atom stereocenters. The van der Waals surface area contributed by atoms with Gasteiger partial charge in [0.1, 0.15) is 0 Å². The summed E-state index contributed by atoms with van der Waals surface area (Å²) in [5.41, 5.74) is 0.195. The van der Waals surface area contributed by atoms with Crippen LogP contribution in [0.3, 0.4) is 0 Å². The Kier molecular flexibility index (Phi) is 5.49. The molecule has 2 aliphatic rings. The zero-order valence-corrected chi connectivity index (χ0v) is 13.8. The van der Waals surface area contributed by atoms with Gasteiger partial charge in [0, 0.05) is 19.8 Å². The number of rotatable bonds is 7. The van der Waals surface area contributed by atoms with Crippen LogP contribution in [0.1, 0.15) is 65.7 Å². The summed E-state index contributed by atoms with van der Waals surface area (Å²) in [6.07, 6.45) is 8.40. The molecule has 1 spiro atoms. The molecular weight excluding hydrogens is 250 g/mol. The van der Waals surface area contributed by atoms with Gasteiger partial charge in [0.15, 0.2) is 0 Å². The van der Waals surface area contributed by atoms with Crippen molar-refractivity contribution in [3.05, 3.63) is 0 Å². The molecule has 1 saturated heterocycles. The summed E-state index contributed by atoms with van der Waals surface area (Å²) in [6.45, 7) is 8.67. The van der Waals surface area contributed by atoms with Gasteiger partial charge in [-0.15, -0.1) is 0 Å². The maximum absolute atomic E-state index is 6.10. The number of hydrogen-bond acceptors (Lipinski definition) is 3. The van der Waals surface area contributed by atoms with Crippen LogP contribution >= 0.6 is 0 Å². The van der Waals surface area contributed by atoms with E-state index in [0.29, 0.717) is 12.0 Å². The number of ether oxygens (including phenoxy) is 2. The lowest BCUT2D eigenvalue weighted by Gasteiger charge is -2.52. The SMILES string of the molecule is CCNC(C1CCOC2(CCC2)C1)C(CC)(CC)OC. The van der Waals surface area contributed by atoms with E-state index in [1.807, 2.05) is 7.11 Å². The zero-order valence-electron chi connectivity index (χ0n) is 13.8. The molecule has 1 heterocycles. The van der Waals surface area contributed by atoms with E-state index in [2.05, 4.69) is 26.1 Å². The van der Waals surface area contributed by atoms with Gasteiger partial charge in [0.25, 0.3) is 0 Å². The van der Waals surface area contributed by atoms with Gasteiger partial charge >= 0.3 is 0 Å². The summed E-state index contributed by atoms with van der Waals surface area (Å²) < 4.78 is 12.1. The van der Waals surface area contributed by atoms with Crippen molar-refractivity contribution in [2.75, 3.05) is 20.3 Å². The lowest BCUT2D eigenvalue weighted by molar-refractivity contribution is -0.161. The first-order chi connectivity index (χ1) is 9.65. The maximum Gasteiger partial charge on any atom is 0.0828 e. The fraction of sp³-hybridized carbons (Fsp3) is 1.00. The van der Waals surface area contributed by atoms with Crippen molar-refractivity contribution in [3.8, 4) is 0 Å². The third-order valence-electron chi connectivity index (χ3n) is 5.86. The average Bonchev–Trinajstić information content (AvgIpc) is 2.47. The van der Waals surface area contributed by atoms with Crippen LogP contribution in [0.2, 0.25) is 0 Å². The number of nitrogens with one attached hydrogen (secondary N) is 1. The number of methoxy groups -OCH3 is 1. The van der Waals surface area contributed by atoms with E-state index < -0.39 is 0 Å². The van der Waals surface area contributed by atoms with Gasteiger partial charge in [-0.1, -0.05) is 20.8 Å². The fourth-order valence-electron chi connectivity index (χ4n) is 4.38. The Morgan fingerprint density at radius 3 is 2.45 bits per heavy atom. The van der Waals surface area contributed by atoms with Gasteiger partial charge < -0.3 is 14.8 Å². The van der Waals surface area contributed by atoms with Gasteiger partial charge in [-0.25, -0.2) is 0 Å². The van der Waals surface area contributed by atoms with E-state index in [1.54, 1.807) is 0 Å². The molecule has 0 amide bonds. The van der Waals surface area contributed by atoms with E-state index >= 15 is 0 Å². The predicted molar refractivity (Wildman–Crippen MR) is 83.0 cm³/mol. The van der Waals surface area contributed by atoms with Crippen LogP contribution in [0.4, 0.5) is 0 Å². The Hall–Kier alpha value is -0.120. The summed E-state index contributed by atoms with van der Waals surface area (Å²) >= 11 is 0. The third kappa shape index (κ3) is 2.90. The van der Waals surface area contributed by atoms with Crippen molar-refractivity contribution in [1.82, 2.24) is 5.32 Å². The first-order valence-corrected chi connectivity index (χ1v) is 8.57. The first-order valence-electron chi connectivity index (χ1n) is 8.57.